The van der Waals surface area contributed by atoms with Gasteiger partial charge in [-0.3, -0.25) is 4.98 Å². The van der Waals surface area contributed by atoms with Crippen molar-refractivity contribution in [3.8, 4) is 5.75 Å². The van der Waals surface area contributed by atoms with Crippen LogP contribution >= 0.6 is 22.9 Å². The third kappa shape index (κ3) is 3.68. The van der Waals surface area contributed by atoms with Crippen molar-refractivity contribution in [1.29, 1.82) is 0 Å². The highest BCUT2D eigenvalue weighted by molar-refractivity contribution is 7.91. The van der Waals surface area contributed by atoms with Crippen LogP contribution in [0.15, 0.2) is 34.8 Å². The third-order valence-electron chi connectivity index (χ3n) is 3.68. The van der Waals surface area contributed by atoms with Gasteiger partial charge in [0.2, 0.25) is 0 Å². The number of halogens is 1. The molecule has 1 aliphatic heterocycles. The van der Waals surface area contributed by atoms with E-state index in [0.29, 0.717) is 28.1 Å². The van der Waals surface area contributed by atoms with E-state index >= 15 is 0 Å². The minimum absolute atomic E-state index is 0.209. The van der Waals surface area contributed by atoms with Gasteiger partial charge in [0.05, 0.1) is 6.54 Å². The lowest BCUT2D eigenvalue weighted by Gasteiger charge is -2.31. The topological polar surface area (TPSA) is 59.5 Å². The van der Waals surface area contributed by atoms with Crippen molar-refractivity contribution in [3.63, 3.8) is 0 Å². The Morgan fingerprint density at radius 2 is 2.22 bits per heavy atom. The number of aromatic nitrogens is 1. The molecule has 8 heteroatoms. The number of rotatable bonds is 4. The summed E-state index contributed by atoms with van der Waals surface area (Å²) < 4.78 is 33.2. The molecular formula is C15H17ClN2O3S2. The summed E-state index contributed by atoms with van der Waals surface area (Å²) in [4.78, 5) is 4.90. The second-order valence-electron chi connectivity index (χ2n) is 5.42. The van der Waals surface area contributed by atoms with E-state index in [0.717, 1.165) is 17.7 Å². The number of aryl methyl sites for hydroxylation is 1. The van der Waals surface area contributed by atoms with Crippen LogP contribution in [0.25, 0.3) is 0 Å². The Balaban J connectivity index is 1.75. The van der Waals surface area contributed by atoms with Crippen LogP contribution in [0.1, 0.15) is 17.7 Å². The van der Waals surface area contributed by atoms with E-state index in [1.165, 1.54) is 21.8 Å². The van der Waals surface area contributed by atoms with Crippen LogP contribution in [0.2, 0.25) is 5.02 Å². The fourth-order valence-electron chi connectivity index (χ4n) is 2.54. The van der Waals surface area contributed by atoms with E-state index in [1.807, 2.05) is 13.0 Å². The monoisotopic (exact) mass is 372 g/mol. The molecule has 2 aromatic rings. The Labute approximate surface area is 144 Å². The van der Waals surface area contributed by atoms with E-state index in [4.69, 9.17) is 16.3 Å². The van der Waals surface area contributed by atoms with Crippen molar-refractivity contribution in [3.05, 3.63) is 40.5 Å². The van der Waals surface area contributed by atoms with Gasteiger partial charge in [0.25, 0.3) is 10.0 Å². The number of nitrogens with zero attached hydrogens (tertiary/aromatic N) is 2. The third-order valence-corrected chi connectivity index (χ3v) is 7.30. The van der Waals surface area contributed by atoms with Crippen molar-refractivity contribution in [2.75, 3.05) is 13.1 Å². The molecule has 1 unspecified atom stereocenters. The molecule has 0 radical (unpaired) electrons. The van der Waals surface area contributed by atoms with E-state index in [9.17, 15) is 8.42 Å². The van der Waals surface area contributed by atoms with Gasteiger partial charge >= 0.3 is 0 Å². The first-order valence-electron chi connectivity index (χ1n) is 7.29. The molecule has 0 N–H and O–H groups in total. The minimum atomic E-state index is -3.45. The Morgan fingerprint density at radius 3 is 2.91 bits per heavy atom. The summed E-state index contributed by atoms with van der Waals surface area (Å²) in [6, 6.07) is 5.18. The van der Waals surface area contributed by atoms with Crippen LogP contribution in [-0.2, 0) is 10.0 Å². The predicted molar refractivity (Wildman–Crippen MR) is 90.7 cm³/mol. The summed E-state index contributed by atoms with van der Waals surface area (Å²) in [5.74, 6) is 0.540. The van der Waals surface area contributed by atoms with Crippen LogP contribution in [0.3, 0.4) is 0 Å². The van der Waals surface area contributed by atoms with Crippen LogP contribution < -0.4 is 4.74 Å². The van der Waals surface area contributed by atoms with Crippen molar-refractivity contribution < 1.29 is 13.2 Å². The normalized spacial score (nSPS) is 19.7. The van der Waals surface area contributed by atoms with E-state index < -0.39 is 10.0 Å². The number of pyridine rings is 1. The lowest BCUT2D eigenvalue weighted by Crippen LogP contribution is -2.44. The molecule has 0 bridgehead atoms. The summed E-state index contributed by atoms with van der Waals surface area (Å²) in [6.45, 7) is 2.75. The second kappa shape index (κ2) is 6.76. The van der Waals surface area contributed by atoms with E-state index in [1.54, 1.807) is 18.3 Å². The lowest BCUT2D eigenvalue weighted by molar-refractivity contribution is 0.130. The first kappa shape index (κ1) is 16.7. The summed E-state index contributed by atoms with van der Waals surface area (Å²) in [7, 11) is -3.45. The Hall–Kier alpha value is -1.15. The van der Waals surface area contributed by atoms with Gasteiger partial charge in [0, 0.05) is 29.9 Å². The highest BCUT2D eigenvalue weighted by Crippen LogP contribution is 2.29. The van der Waals surface area contributed by atoms with Crippen molar-refractivity contribution in [2.24, 2.45) is 0 Å². The quantitative estimate of drug-likeness (QED) is 0.825. The summed E-state index contributed by atoms with van der Waals surface area (Å²) in [5.41, 5.74) is 0. The van der Waals surface area contributed by atoms with Gasteiger partial charge in [0.1, 0.15) is 21.1 Å². The first-order valence-corrected chi connectivity index (χ1v) is 9.93. The van der Waals surface area contributed by atoms with Gasteiger partial charge in [-0.05, 0) is 31.9 Å². The van der Waals surface area contributed by atoms with Gasteiger partial charge in [0.15, 0.2) is 0 Å². The maximum atomic E-state index is 12.7. The van der Waals surface area contributed by atoms with Crippen molar-refractivity contribution >= 4 is 33.0 Å². The molecule has 0 saturated carbocycles. The summed E-state index contributed by atoms with van der Waals surface area (Å²) in [5, 5.41) is 0.432. The van der Waals surface area contributed by atoms with Crippen LogP contribution in [-0.4, -0.2) is 36.9 Å². The highest BCUT2D eigenvalue weighted by Gasteiger charge is 2.32. The SMILES string of the molecule is Cc1ccc(S(=O)(=O)N2CCCC(Oc3ccncc3Cl)C2)s1. The fourth-order valence-corrected chi connectivity index (χ4v) is 5.65. The number of ether oxygens (including phenoxy) is 1. The molecule has 0 aliphatic carbocycles. The van der Waals surface area contributed by atoms with Crippen LogP contribution in [0.5, 0.6) is 5.75 Å². The zero-order valence-corrected chi connectivity index (χ0v) is 15.0. The second-order valence-corrected chi connectivity index (χ2v) is 9.28. The van der Waals surface area contributed by atoms with Gasteiger partial charge in [-0.2, -0.15) is 4.31 Å². The summed E-state index contributed by atoms with van der Waals surface area (Å²) in [6.07, 6.45) is 4.47. The smallest absolute Gasteiger partial charge is 0.252 e. The molecule has 1 fully saturated rings. The van der Waals surface area contributed by atoms with Crippen LogP contribution in [0.4, 0.5) is 0 Å². The number of sulfonamides is 1. The molecule has 0 aromatic carbocycles. The molecule has 23 heavy (non-hydrogen) atoms. The van der Waals surface area contributed by atoms with Crippen LogP contribution in [0, 0.1) is 6.92 Å². The first-order chi connectivity index (χ1) is 11.0. The molecule has 0 amide bonds. The number of hydrogen-bond donors (Lipinski definition) is 0. The Kier molecular flexibility index (Phi) is 4.91. The predicted octanol–water partition coefficient (Wildman–Crippen LogP) is 3.34. The van der Waals surface area contributed by atoms with Gasteiger partial charge in [-0.1, -0.05) is 11.6 Å². The molecule has 3 heterocycles. The molecule has 3 rings (SSSR count). The average Bonchev–Trinajstić information content (AvgIpc) is 2.97. The van der Waals surface area contributed by atoms with Gasteiger partial charge < -0.3 is 4.74 Å². The number of hydrogen-bond acceptors (Lipinski definition) is 5. The zero-order chi connectivity index (χ0) is 16.4. The van der Waals surface area contributed by atoms with Gasteiger partial charge in [-0.25, -0.2) is 8.42 Å². The standard InChI is InChI=1S/C15H17ClN2O3S2/c1-11-4-5-15(22-11)23(19,20)18-8-2-3-12(10-18)21-14-6-7-17-9-13(14)16/h4-7,9,12H,2-3,8,10H2,1H3. The van der Waals surface area contributed by atoms with Crippen molar-refractivity contribution in [2.45, 2.75) is 30.1 Å². The highest BCUT2D eigenvalue weighted by atomic mass is 35.5. The van der Waals surface area contributed by atoms with Gasteiger partial charge in [-0.15, -0.1) is 11.3 Å². The molecule has 0 spiro atoms. The number of thiophene rings is 1. The molecule has 1 saturated heterocycles. The molecular weight excluding hydrogens is 356 g/mol. The maximum Gasteiger partial charge on any atom is 0.252 e. The molecule has 5 nitrogen and oxygen atoms in total. The fraction of sp³-hybridized carbons (Fsp3) is 0.400. The molecule has 124 valence electrons. The average molecular weight is 373 g/mol. The maximum absolute atomic E-state index is 12.7. The van der Waals surface area contributed by atoms with E-state index in [2.05, 4.69) is 4.98 Å². The Bertz CT molecular complexity index is 792. The summed E-state index contributed by atoms with van der Waals surface area (Å²) >= 11 is 7.35. The van der Waals surface area contributed by atoms with E-state index in [-0.39, 0.29) is 6.10 Å². The minimum Gasteiger partial charge on any atom is -0.487 e. The Morgan fingerprint density at radius 1 is 1.39 bits per heavy atom. The molecule has 1 atom stereocenters. The number of piperidine rings is 1. The largest absolute Gasteiger partial charge is 0.487 e. The molecule has 1 aliphatic rings. The zero-order valence-electron chi connectivity index (χ0n) is 12.6. The lowest BCUT2D eigenvalue weighted by atomic mass is 10.1. The molecule has 2 aromatic heterocycles. The van der Waals surface area contributed by atoms with Crippen molar-refractivity contribution in [1.82, 2.24) is 9.29 Å².